The number of benzene rings is 3. The highest BCUT2D eigenvalue weighted by atomic mass is 19.1. The Morgan fingerprint density at radius 1 is 0.972 bits per heavy atom. The Morgan fingerprint density at radius 3 is 2.53 bits per heavy atom. The average Bonchev–Trinajstić information content (AvgIpc) is 2.91. The molecule has 0 aliphatic rings. The maximum atomic E-state index is 13.5. The topological polar surface area (TPSA) is 70.2 Å². The molecular formula is C29H30FN5O. The molecule has 0 radical (unpaired) electrons. The lowest BCUT2D eigenvalue weighted by molar-refractivity contribution is 0.0951. The predicted molar refractivity (Wildman–Crippen MR) is 141 cm³/mol. The van der Waals surface area contributed by atoms with Gasteiger partial charge in [-0.1, -0.05) is 49.4 Å². The van der Waals surface area contributed by atoms with Crippen LogP contribution >= 0.6 is 0 Å². The average molecular weight is 484 g/mol. The minimum Gasteiger partial charge on any atom is -0.352 e. The van der Waals surface area contributed by atoms with Crippen LogP contribution in [0, 0.1) is 5.82 Å². The standard InChI is InChI=1S/C29H30FN5O/c1-2-35(21-22-8-4-3-5-9-22)19-7-17-32-29(36)23-12-14-26(15-13-23)33-27-16-18-31-28(34-27)24-10-6-11-25(30)20-24/h3-6,8-16,18,20H,2,7,17,19,21H2,1H3,(H,32,36)(H,31,33,34). The van der Waals surface area contributed by atoms with Crippen molar-refractivity contribution in [2.45, 2.75) is 19.9 Å². The summed E-state index contributed by atoms with van der Waals surface area (Å²) >= 11 is 0. The first-order valence-corrected chi connectivity index (χ1v) is 12.1. The number of aromatic nitrogens is 2. The van der Waals surface area contributed by atoms with Gasteiger partial charge in [-0.05, 0) is 61.0 Å². The number of amides is 1. The molecule has 3 aromatic carbocycles. The van der Waals surface area contributed by atoms with Gasteiger partial charge in [0.2, 0.25) is 0 Å². The fourth-order valence-electron chi connectivity index (χ4n) is 3.85. The largest absolute Gasteiger partial charge is 0.352 e. The normalized spacial score (nSPS) is 10.9. The highest BCUT2D eigenvalue weighted by Crippen LogP contribution is 2.20. The van der Waals surface area contributed by atoms with Crippen LogP contribution in [0.3, 0.4) is 0 Å². The summed E-state index contributed by atoms with van der Waals surface area (Å²) in [6, 6.07) is 25.5. The summed E-state index contributed by atoms with van der Waals surface area (Å²) in [6.45, 7) is 5.57. The van der Waals surface area contributed by atoms with Crippen LogP contribution in [-0.4, -0.2) is 40.4 Å². The Labute approximate surface area is 211 Å². The van der Waals surface area contributed by atoms with Gasteiger partial charge in [-0.25, -0.2) is 14.4 Å². The van der Waals surface area contributed by atoms with E-state index in [9.17, 15) is 9.18 Å². The van der Waals surface area contributed by atoms with Crippen LogP contribution in [0.15, 0.2) is 91.1 Å². The van der Waals surface area contributed by atoms with Gasteiger partial charge in [0, 0.05) is 42.6 Å². The molecule has 1 amide bonds. The van der Waals surface area contributed by atoms with Crippen LogP contribution in [0.1, 0.15) is 29.3 Å². The van der Waals surface area contributed by atoms with E-state index >= 15 is 0 Å². The molecule has 0 spiro atoms. The Hall–Kier alpha value is -4.10. The highest BCUT2D eigenvalue weighted by molar-refractivity contribution is 5.94. The zero-order valence-electron chi connectivity index (χ0n) is 20.3. The van der Waals surface area contributed by atoms with Crippen molar-refractivity contribution in [3.63, 3.8) is 0 Å². The fourth-order valence-corrected chi connectivity index (χ4v) is 3.85. The third kappa shape index (κ3) is 7.20. The molecule has 4 rings (SSSR count). The number of nitrogens with zero attached hydrogens (tertiary/aromatic N) is 3. The number of nitrogens with one attached hydrogen (secondary N) is 2. The Kier molecular flexibility index (Phi) is 8.72. The number of anilines is 2. The maximum Gasteiger partial charge on any atom is 0.251 e. The molecule has 0 unspecified atom stereocenters. The minimum absolute atomic E-state index is 0.0944. The SMILES string of the molecule is CCN(CCCNC(=O)c1ccc(Nc2ccnc(-c3cccc(F)c3)n2)cc1)Cc1ccccc1. The molecule has 0 saturated carbocycles. The van der Waals surface area contributed by atoms with Crippen molar-refractivity contribution in [1.29, 1.82) is 0 Å². The van der Waals surface area contributed by atoms with Crippen LogP contribution in [0.2, 0.25) is 0 Å². The molecule has 0 fully saturated rings. The highest BCUT2D eigenvalue weighted by Gasteiger charge is 2.08. The van der Waals surface area contributed by atoms with E-state index in [0.717, 1.165) is 31.7 Å². The van der Waals surface area contributed by atoms with Gasteiger partial charge in [0.15, 0.2) is 5.82 Å². The number of hydrogen-bond acceptors (Lipinski definition) is 5. The van der Waals surface area contributed by atoms with Crippen molar-refractivity contribution < 1.29 is 9.18 Å². The number of halogens is 1. The molecule has 1 heterocycles. The van der Waals surface area contributed by atoms with Crippen molar-refractivity contribution in [2.24, 2.45) is 0 Å². The zero-order chi connectivity index (χ0) is 25.2. The third-order valence-electron chi connectivity index (χ3n) is 5.79. The van der Waals surface area contributed by atoms with Crippen LogP contribution in [-0.2, 0) is 6.54 Å². The molecule has 4 aromatic rings. The van der Waals surface area contributed by atoms with Crippen molar-refractivity contribution in [1.82, 2.24) is 20.2 Å². The van der Waals surface area contributed by atoms with Gasteiger partial charge in [-0.2, -0.15) is 0 Å². The van der Waals surface area contributed by atoms with Gasteiger partial charge in [-0.15, -0.1) is 0 Å². The third-order valence-corrected chi connectivity index (χ3v) is 5.79. The van der Waals surface area contributed by atoms with Gasteiger partial charge < -0.3 is 10.6 Å². The van der Waals surface area contributed by atoms with Crippen LogP contribution in [0.4, 0.5) is 15.9 Å². The number of carbonyl (C=O) groups is 1. The van der Waals surface area contributed by atoms with Gasteiger partial charge in [0.25, 0.3) is 5.91 Å². The molecule has 7 heteroatoms. The van der Waals surface area contributed by atoms with Gasteiger partial charge in [0.1, 0.15) is 11.6 Å². The summed E-state index contributed by atoms with van der Waals surface area (Å²) in [6.07, 6.45) is 2.50. The lowest BCUT2D eigenvalue weighted by Gasteiger charge is -2.20. The minimum atomic E-state index is -0.335. The van der Waals surface area contributed by atoms with E-state index in [1.54, 1.807) is 36.5 Å². The van der Waals surface area contributed by atoms with Crippen LogP contribution < -0.4 is 10.6 Å². The molecule has 0 bridgehead atoms. The van der Waals surface area contributed by atoms with Gasteiger partial charge in [0.05, 0.1) is 0 Å². The lowest BCUT2D eigenvalue weighted by Crippen LogP contribution is -2.29. The second kappa shape index (κ2) is 12.6. The number of rotatable bonds is 11. The molecule has 2 N–H and O–H groups in total. The first-order chi connectivity index (χ1) is 17.6. The molecule has 36 heavy (non-hydrogen) atoms. The Balaban J connectivity index is 1.26. The molecular weight excluding hydrogens is 453 g/mol. The fraction of sp³-hybridized carbons (Fsp3) is 0.207. The molecule has 6 nitrogen and oxygen atoms in total. The maximum absolute atomic E-state index is 13.5. The van der Waals surface area contributed by atoms with E-state index in [1.807, 2.05) is 18.2 Å². The Bertz CT molecular complexity index is 1260. The first-order valence-electron chi connectivity index (χ1n) is 12.1. The van der Waals surface area contributed by atoms with E-state index in [-0.39, 0.29) is 11.7 Å². The summed E-state index contributed by atoms with van der Waals surface area (Å²) in [5.41, 5.74) is 3.28. The molecule has 184 valence electrons. The zero-order valence-corrected chi connectivity index (χ0v) is 20.3. The molecule has 1 aromatic heterocycles. The van der Waals surface area contributed by atoms with Crippen LogP contribution in [0.25, 0.3) is 11.4 Å². The van der Waals surface area contributed by atoms with E-state index in [0.29, 0.717) is 29.3 Å². The molecule has 0 aliphatic carbocycles. The first kappa shape index (κ1) is 25.0. The molecule has 0 atom stereocenters. The van der Waals surface area contributed by atoms with Gasteiger partial charge in [-0.3, -0.25) is 9.69 Å². The Morgan fingerprint density at radius 2 is 1.78 bits per heavy atom. The van der Waals surface area contributed by atoms with Gasteiger partial charge >= 0.3 is 0 Å². The smallest absolute Gasteiger partial charge is 0.251 e. The van der Waals surface area contributed by atoms with Crippen molar-refractivity contribution in [3.05, 3.63) is 108 Å². The second-order valence-corrected chi connectivity index (χ2v) is 8.44. The summed E-state index contributed by atoms with van der Waals surface area (Å²) in [5.74, 6) is 0.583. The van der Waals surface area contributed by atoms with E-state index in [2.05, 4.69) is 56.7 Å². The lowest BCUT2D eigenvalue weighted by atomic mass is 10.2. The summed E-state index contributed by atoms with van der Waals surface area (Å²) in [5, 5.41) is 6.21. The quantitative estimate of drug-likeness (QED) is 0.269. The number of hydrogen-bond donors (Lipinski definition) is 2. The van der Waals surface area contributed by atoms with Crippen molar-refractivity contribution in [3.8, 4) is 11.4 Å². The van der Waals surface area contributed by atoms with E-state index in [4.69, 9.17) is 0 Å². The number of carbonyl (C=O) groups excluding carboxylic acids is 1. The van der Waals surface area contributed by atoms with E-state index in [1.165, 1.54) is 17.7 Å². The van der Waals surface area contributed by atoms with E-state index < -0.39 is 0 Å². The second-order valence-electron chi connectivity index (χ2n) is 8.44. The summed E-state index contributed by atoms with van der Waals surface area (Å²) < 4.78 is 13.5. The summed E-state index contributed by atoms with van der Waals surface area (Å²) in [4.78, 5) is 23.6. The monoisotopic (exact) mass is 483 g/mol. The molecule has 0 saturated heterocycles. The van der Waals surface area contributed by atoms with Crippen LogP contribution in [0.5, 0.6) is 0 Å². The predicted octanol–water partition coefficient (Wildman–Crippen LogP) is 5.67. The van der Waals surface area contributed by atoms with Crippen molar-refractivity contribution in [2.75, 3.05) is 25.0 Å². The molecule has 0 aliphatic heterocycles. The van der Waals surface area contributed by atoms with Crippen molar-refractivity contribution >= 4 is 17.4 Å². The summed E-state index contributed by atoms with van der Waals surface area (Å²) in [7, 11) is 0.